The van der Waals surface area contributed by atoms with Gasteiger partial charge in [-0.2, -0.15) is 0 Å². The molecule has 0 aromatic heterocycles. The normalized spacial score (nSPS) is 13.1. The second kappa shape index (κ2) is 10.8. The van der Waals surface area contributed by atoms with E-state index in [9.17, 15) is 0 Å². The summed E-state index contributed by atoms with van der Waals surface area (Å²) in [6.07, 6.45) is 8.01. The summed E-state index contributed by atoms with van der Waals surface area (Å²) in [5, 5.41) is 0. The van der Waals surface area contributed by atoms with Crippen LogP contribution in [0, 0.1) is 0 Å². The molecule has 0 bridgehead atoms. The fourth-order valence-electron chi connectivity index (χ4n) is 3.67. The number of nitrogens with zero attached hydrogens (tertiary/aromatic N) is 1. The van der Waals surface area contributed by atoms with Crippen LogP contribution < -0.4 is 0 Å². The summed E-state index contributed by atoms with van der Waals surface area (Å²) in [5.41, 5.74) is 1.84. The Morgan fingerprint density at radius 3 is 1.57 bits per heavy atom. The molecule has 0 fully saturated rings. The van der Waals surface area contributed by atoms with Crippen LogP contribution in [0.2, 0.25) is 29.9 Å². The molecular formula is C18H40BGeN. The van der Waals surface area contributed by atoms with Gasteiger partial charge in [-0.15, -0.1) is 0 Å². The summed E-state index contributed by atoms with van der Waals surface area (Å²) in [5.74, 6) is 7.74. The molecule has 0 amide bonds. The minimum absolute atomic E-state index is 0.834. The predicted molar refractivity (Wildman–Crippen MR) is 104 cm³/mol. The zero-order chi connectivity index (χ0) is 16.5. The average molecular weight is 354 g/mol. The second-order valence-corrected chi connectivity index (χ2v) is 17.8. The summed E-state index contributed by atoms with van der Waals surface area (Å²) in [6, 6.07) is 0. The van der Waals surface area contributed by atoms with Gasteiger partial charge < -0.3 is 0 Å². The Morgan fingerprint density at radius 2 is 1.29 bits per heavy atom. The van der Waals surface area contributed by atoms with Gasteiger partial charge in [0.2, 0.25) is 0 Å². The van der Waals surface area contributed by atoms with E-state index in [1.54, 1.807) is 0 Å². The van der Waals surface area contributed by atoms with Gasteiger partial charge in [0.25, 0.3) is 0 Å². The Bertz CT molecular complexity index is 297. The minimum atomic E-state index is -1.85. The van der Waals surface area contributed by atoms with Gasteiger partial charge in [-0.25, -0.2) is 0 Å². The Hall–Kier alpha value is 0.148. The number of hydrogen-bond donors (Lipinski definition) is 0. The Labute approximate surface area is 138 Å². The molecule has 0 saturated heterocycles. The number of allylic oxidation sites excluding steroid dienone is 1. The summed E-state index contributed by atoms with van der Waals surface area (Å²) in [7, 11) is 0. The van der Waals surface area contributed by atoms with Crippen molar-refractivity contribution >= 4 is 20.0 Å². The van der Waals surface area contributed by atoms with Crippen LogP contribution in [0.1, 0.15) is 60.3 Å². The van der Waals surface area contributed by atoms with Gasteiger partial charge in [0.1, 0.15) is 0 Å². The first-order valence-corrected chi connectivity index (χ1v) is 16.7. The van der Waals surface area contributed by atoms with Gasteiger partial charge in [-0.3, -0.25) is 0 Å². The summed E-state index contributed by atoms with van der Waals surface area (Å²) < 4.78 is 1.83. The fraction of sp³-hybridized carbons (Fsp3) is 0.889. The van der Waals surface area contributed by atoms with Crippen molar-refractivity contribution < 1.29 is 0 Å². The molecule has 124 valence electrons. The molecule has 0 spiro atoms. The van der Waals surface area contributed by atoms with Gasteiger partial charge in [0.15, 0.2) is 0 Å². The maximum absolute atomic E-state index is 2.70. The van der Waals surface area contributed by atoms with Crippen molar-refractivity contribution in [1.29, 1.82) is 0 Å². The molecule has 0 aromatic carbocycles. The predicted octanol–water partition coefficient (Wildman–Crippen LogP) is 6.11. The van der Waals surface area contributed by atoms with E-state index >= 15 is 0 Å². The zero-order valence-corrected chi connectivity index (χ0v) is 18.3. The van der Waals surface area contributed by atoms with Crippen LogP contribution in [0.5, 0.6) is 0 Å². The van der Waals surface area contributed by atoms with Gasteiger partial charge in [0, 0.05) is 0 Å². The van der Waals surface area contributed by atoms with Crippen molar-refractivity contribution in [1.82, 2.24) is 4.90 Å². The van der Waals surface area contributed by atoms with E-state index in [-0.39, 0.29) is 0 Å². The van der Waals surface area contributed by atoms with E-state index in [1.807, 2.05) is 10.0 Å². The molecule has 0 rings (SSSR count). The third-order valence-corrected chi connectivity index (χ3v) is 8.70. The SMILES string of the molecule is CCCB(CCC)/C(CCC)=[C](/N(CC)CC)[Ge]([CH3])([CH3])[CH3]. The number of hydrogen-bond acceptors (Lipinski definition) is 1. The van der Waals surface area contributed by atoms with E-state index in [0.29, 0.717) is 0 Å². The van der Waals surface area contributed by atoms with Crippen molar-refractivity contribution in [2.75, 3.05) is 13.1 Å². The first-order valence-electron chi connectivity index (χ1n) is 9.35. The Balaban J connectivity index is 5.90. The van der Waals surface area contributed by atoms with Crippen LogP contribution in [0.25, 0.3) is 0 Å². The summed E-state index contributed by atoms with van der Waals surface area (Å²) >= 11 is -1.85. The quantitative estimate of drug-likeness (QED) is 0.405. The Morgan fingerprint density at radius 1 is 0.810 bits per heavy atom. The van der Waals surface area contributed by atoms with Crippen LogP contribution in [0.3, 0.4) is 0 Å². The van der Waals surface area contributed by atoms with Gasteiger partial charge in [-0.1, -0.05) is 0 Å². The van der Waals surface area contributed by atoms with Crippen molar-refractivity contribution in [2.24, 2.45) is 0 Å². The third kappa shape index (κ3) is 6.84. The van der Waals surface area contributed by atoms with E-state index in [4.69, 9.17) is 0 Å². The zero-order valence-electron chi connectivity index (χ0n) is 16.2. The molecule has 0 unspecified atom stereocenters. The standard InChI is InChI=1S/C18H40BGeN/c1-9-14-17(19(15-10-2)16-11-3)18(20(6,7)8)21(12-4)13-5/h9-16H2,1-8H3/b18-17+. The van der Waals surface area contributed by atoms with Crippen LogP contribution in [-0.2, 0) is 0 Å². The fourth-order valence-corrected chi connectivity index (χ4v) is 9.04. The number of rotatable bonds is 11. The van der Waals surface area contributed by atoms with E-state index in [2.05, 4.69) is 56.8 Å². The molecule has 0 aliphatic carbocycles. The molecule has 0 heterocycles. The van der Waals surface area contributed by atoms with Gasteiger partial charge in [-0.05, 0) is 0 Å². The monoisotopic (exact) mass is 355 g/mol. The van der Waals surface area contributed by atoms with Crippen molar-refractivity contribution in [3.8, 4) is 0 Å². The van der Waals surface area contributed by atoms with Crippen LogP contribution in [0.4, 0.5) is 0 Å². The second-order valence-electron chi connectivity index (χ2n) is 7.32. The third-order valence-electron chi connectivity index (χ3n) is 4.38. The summed E-state index contributed by atoms with van der Waals surface area (Å²) in [6.45, 7) is 14.9. The van der Waals surface area contributed by atoms with Crippen LogP contribution in [-0.4, -0.2) is 38.0 Å². The Kier molecular flexibility index (Phi) is 10.9. The maximum atomic E-state index is 2.70. The van der Waals surface area contributed by atoms with Crippen molar-refractivity contribution in [3.05, 3.63) is 10.0 Å². The summed E-state index contributed by atoms with van der Waals surface area (Å²) in [4.78, 5) is 2.70. The van der Waals surface area contributed by atoms with Crippen LogP contribution >= 0.6 is 0 Å². The average Bonchev–Trinajstić information content (AvgIpc) is 2.41. The molecule has 0 N–H and O–H groups in total. The van der Waals surface area contributed by atoms with Crippen LogP contribution in [0.15, 0.2) is 10.0 Å². The molecule has 0 aromatic rings. The molecule has 3 heteroatoms. The molecule has 0 saturated carbocycles. The van der Waals surface area contributed by atoms with E-state index < -0.39 is 13.3 Å². The van der Waals surface area contributed by atoms with E-state index in [1.165, 1.54) is 51.4 Å². The van der Waals surface area contributed by atoms with Gasteiger partial charge in [0.05, 0.1) is 0 Å². The van der Waals surface area contributed by atoms with Crippen molar-refractivity contribution in [3.63, 3.8) is 0 Å². The van der Waals surface area contributed by atoms with Crippen molar-refractivity contribution in [2.45, 2.75) is 90.2 Å². The molecule has 21 heavy (non-hydrogen) atoms. The molecule has 0 atom stereocenters. The molecular weight excluding hydrogens is 314 g/mol. The molecule has 0 aliphatic rings. The molecule has 0 aliphatic heterocycles. The van der Waals surface area contributed by atoms with E-state index in [0.717, 1.165) is 6.71 Å². The first-order chi connectivity index (χ1) is 9.87. The molecule has 0 radical (unpaired) electrons. The topological polar surface area (TPSA) is 3.24 Å². The molecule has 1 nitrogen and oxygen atoms in total. The first kappa shape index (κ1) is 21.1. The van der Waals surface area contributed by atoms with Gasteiger partial charge >= 0.3 is 138 Å².